The summed E-state index contributed by atoms with van der Waals surface area (Å²) >= 11 is 1.27. The van der Waals surface area contributed by atoms with Crippen LogP contribution in [0.3, 0.4) is 0 Å². The first-order valence-corrected chi connectivity index (χ1v) is 10.5. The lowest BCUT2D eigenvalue weighted by Gasteiger charge is -2.34. The van der Waals surface area contributed by atoms with Gasteiger partial charge >= 0.3 is 6.09 Å². The fourth-order valence-corrected chi connectivity index (χ4v) is 3.69. The van der Waals surface area contributed by atoms with Crippen LogP contribution in [0, 0.1) is 0 Å². The van der Waals surface area contributed by atoms with Crippen LogP contribution in [0.5, 0.6) is 5.75 Å². The van der Waals surface area contributed by atoms with Crippen molar-refractivity contribution in [2.45, 2.75) is 19.0 Å². The summed E-state index contributed by atoms with van der Waals surface area (Å²) in [6, 6.07) is 7.47. The number of carbonyl (C=O) groups is 2. The molecular formula is C18H24N6O4S. The van der Waals surface area contributed by atoms with E-state index in [1.807, 2.05) is 31.2 Å². The van der Waals surface area contributed by atoms with Crippen molar-refractivity contribution in [1.29, 1.82) is 0 Å². The number of carbonyl (C=O) groups excluding carboxylic acids is 2. The van der Waals surface area contributed by atoms with Gasteiger partial charge in [-0.1, -0.05) is 23.9 Å². The van der Waals surface area contributed by atoms with E-state index >= 15 is 0 Å². The van der Waals surface area contributed by atoms with Gasteiger partial charge in [0.05, 0.1) is 19.0 Å². The lowest BCUT2D eigenvalue weighted by molar-refractivity contribution is -0.129. The van der Waals surface area contributed by atoms with Gasteiger partial charge in [-0.05, 0) is 36.4 Å². The minimum absolute atomic E-state index is 0.0221. The summed E-state index contributed by atoms with van der Waals surface area (Å²) in [7, 11) is 0. The van der Waals surface area contributed by atoms with Crippen molar-refractivity contribution in [3.8, 4) is 11.4 Å². The molecule has 1 fully saturated rings. The quantitative estimate of drug-likeness (QED) is 0.620. The molecule has 0 atom stereocenters. The smallest absolute Gasteiger partial charge is 0.409 e. The van der Waals surface area contributed by atoms with E-state index in [0.717, 1.165) is 5.69 Å². The van der Waals surface area contributed by atoms with Gasteiger partial charge in [-0.2, -0.15) is 4.68 Å². The van der Waals surface area contributed by atoms with Crippen molar-refractivity contribution in [3.05, 3.63) is 24.3 Å². The zero-order valence-electron chi connectivity index (χ0n) is 16.5. The van der Waals surface area contributed by atoms with Gasteiger partial charge < -0.3 is 19.3 Å². The first-order valence-electron chi connectivity index (χ1n) is 9.46. The van der Waals surface area contributed by atoms with Crippen molar-refractivity contribution >= 4 is 23.8 Å². The van der Waals surface area contributed by atoms with Gasteiger partial charge in [0.25, 0.3) is 0 Å². The van der Waals surface area contributed by atoms with E-state index in [-0.39, 0.29) is 17.8 Å². The molecule has 0 radical (unpaired) electrons. The Kier molecular flexibility index (Phi) is 7.28. The Morgan fingerprint density at radius 3 is 2.52 bits per heavy atom. The second kappa shape index (κ2) is 10.1. The van der Waals surface area contributed by atoms with Crippen molar-refractivity contribution in [2.24, 2.45) is 0 Å². The number of hydrogen-bond acceptors (Lipinski definition) is 8. The normalized spacial score (nSPS) is 14.0. The second-order valence-corrected chi connectivity index (χ2v) is 7.07. The fourth-order valence-electron chi connectivity index (χ4n) is 2.90. The first-order chi connectivity index (χ1) is 14.1. The first kappa shape index (κ1) is 20.9. The number of para-hydroxylation sites is 2. The number of nitrogens with zero attached hydrogens (tertiary/aromatic N) is 6. The lowest BCUT2D eigenvalue weighted by atomic mass is 10.3. The summed E-state index contributed by atoms with van der Waals surface area (Å²) < 4.78 is 12.2. The highest BCUT2D eigenvalue weighted by Gasteiger charge is 2.25. The maximum absolute atomic E-state index is 12.6. The van der Waals surface area contributed by atoms with Gasteiger partial charge in [0.15, 0.2) is 0 Å². The Balaban J connectivity index is 1.58. The van der Waals surface area contributed by atoms with Gasteiger partial charge in [-0.15, -0.1) is 5.10 Å². The van der Waals surface area contributed by atoms with Gasteiger partial charge in [0, 0.05) is 26.2 Å². The van der Waals surface area contributed by atoms with Gasteiger partial charge in [0.2, 0.25) is 11.1 Å². The molecule has 1 saturated heterocycles. The summed E-state index contributed by atoms with van der Waals surface area (Å²) in [6.07, 6.45) is -0.332. The van der Waals surface area contributed by atoms with Gasteiger partial charge in [-0.25, -0.2) is 4.79 Å². The molecule has 0 saturated carbocycles. The van der Waals surface area contributed by atoms with Crippen LogP contribution in [0.2, 0.25) is 0 Å². The van der Waals surface area contributed by atoms with Crippen LogP contribution in [0.25, 0.3) is 5.69 Å². The number of ether oxygens (including phenoxy) is 2. The van der Waals surface area contributed by atoms with Crippen LogP contribution in [-0.2, 0) is 9.53 Å². The molecule has 1 aliphatic heterocycles. The maximum Gasteiger partial charge on any atom is 0.409 e. The van der Waals surface area contributed by atoms with E-state index in [1.54, 1.807) is 21.4 Å². The summed E-state index contributed by atoms with van der Waals surface area (Å²) in [4.78, 5) is 27.7. The summed E-state index contributed by atoms with van der Waals surface area (Å²) in [5.41, 5.74) is 0.720. The molecule has 2 amide bonds. The minimum Gasteiger partial charge on any atom is -0.492 e. The van der Waals surface area contributed by atoms with E-state index in [9.17, 15) is 9.59 Å². The monoisotopic (exact) mass is 420 g/mol. The topological polar surface area (TPSA) is 103 Å². The predicted octanol–water partition coefficient (Wildman–Crippen LogP) is 1.45. The molecule has 1 aliphatic rings. The molecule has 11 heteroatoms. The Labute approximate surface area is 173 Å². The van der Waals surface area contributed by atoms with Crippen molar-refractivity contribution < 1.29 is 19.1 Å². The highest BCUT2D eigenvalue weighted by molar-refractivity contribution is 7.99. The standard InChI is InChI=1S/C18H24N6O4S/c1-3-27-15-8-6-5-7-14(15)24-17(19-20-21-24)29-13-16(25)22-9-11-23(12-10-22)18(26)28-4-2/h5-8H,3-4,9-13H2,1-2H3. The highest BCUT2D eigenvalue weighted by atomic mass is 32.2. The van der Waals surface area contributed by atoms with E-state index in [4.69, 9.17) is 9.47 Å². The lowest BCUT2D eigenvalue weighted by Crippen LogP contribution is -2.51. The minimum atomic E-state index is -0.332. The largest absolute Gasteiger partial charge is 0.492 e. The molecule has 0 bridgehead atoms. The van der Waals surface area contributed by atoms with Crippen LogP contribution < -0.4 is 4.74 Å². The molecular weight excluding hydrogens is 396 g/mol. The molecule has 0 spiro atoms. The summed E-state index contributed by atoms with van der Waals surface area (Å²) in [5.74, 6) is 0.855. The second-order valence-electron chi connectivity index (χ2n) is 6.13. The van der Waals surface area contributed by atoms with Gasteiger partial charge in [-0.3, -0.25) is 4.79 Å². The van der Waals surface area contributed by atoms with Crippen LogP contribution in [0.15, 0.2) is 29.4 Å². The number of hydrogen-bond donors (Lipinski definition) is 0. The SMILES string of the molecule is CCOC(=O)N1CCN(C(=O)CSc2nnnn2-c2ccccc2OCC)CC1. The molecule has 156 valence electrons. The van der Waals surface area contributed by atoms with Crippen LogP contribution in [0.1, 0.15) is 13.8 Å². The number of tetrazole rings is 1. The molecule has 3 rings (SSSR count). The van der Waals surface area contributed by atoms with E-state index in [0.29, 0.717) is 50.3 Å². The predicted molar refractivity (Wildman–Crippen MR) is 106 cm³/mol. The molecule has 1 aromatic heterocycles. The fraction of sp³-hybridized carbons (Fsp3) is 0.500. The van der Waals surface area contributed by atoms with Crippen LogP contribution in [-0.4, -0.2) is 87.2 Å². The third-order valence-electron chi connectivity index (χ3n) is 4.32. The number of piperazine rings is 1. The molecule has 2 aromatic rings. The third kappa shape index (κ3) is 5.17. The zero-order chi connectivity index (χ0) is 20.6. The number of amides is 2. The third-order valence-corrected chi connectivity index (χ3v) is 5.22. The molecule has 0 aliphatic carbocycles. The number of rotatable bonds is 7. The Bertz CT molecular complexity index is 837. The van der Waals surface area contributed by atoms with Crippen molar-refractivity contribution in [3.63, 3.8) is 0 Å². The van der Waals surface area contributed by atoms with Crippen molar-refractivity contribution in [1.82, 2.24) is 30.0 Å². The summed E-state index contributed by atoms with van der Waals surface area (Å²) in [6.45, 7) is 6.45. The molecule has 0 N–H and O–H groups in total. The zero-order valence-corrected chi connectivity index (χ0v) is 17.3. The van der Waals surface area contributed by atoms with E-state index < -0.39 is 0 Å². The average molecular weight is 420 g/mol. The molecule has 29 heavy (non-hydrogen) atoms. The maximum atomic E-state index is 12.6. The molecule has 2 heterocycles. The van der Waals surface area contributed by atoms with E-state index in [1.165, 1.54) is 11.8 Å². The molecule has 10 nitrogen and oxygen atoms in total. The number of aromatic nitrogens is 4. The van der Waals surface area contributed by atoms with Crippen LogP contribution in [0.4, 0.5) is 4.79 Å². The Hall–Kier alpha value is -2.82. The molecule has 0 unspecified atom stereocenters. The van der Waals surface area contributed by atoms with E-state index in [2.05, 4.69) is 15.5 Å². The molecule has 1 aromatic carbocycles. The summed E-state index contributed by atoms with van der Waals surface area (Å²) in [5, 5.41) is 12.3. The Morgan fingerprint density at radius 1 is 1.07 bits per heavy atom. The van der Waals surface area contributed by atoms with Crippen molar-refractivity contribution in [2.75, 3.05) is 45.1 Å². The van der Waals surface area contributed by atoms with Crippen LogP contribution >= 0.6 is 11.8 Å². The average Bonchev–Trinajstić information content (AvgIpc) is 3.21. The van der Waals surface area contributed by atoms with Gasteiger partial charge in [0.1, 0.15) is 11.4 Å². The highest BCUT2D eigenvalue weighted by Crippen LogP contribution is 2.26. The number of benzene rings is 1. The Morgan fingerprint density at radius 2 is 1.79 bits per heavy atom. The number of thioether (sulfide) groups is 1.